The molecule has 2 atom stereocenters. The van der Waals surface area contributed by atoms with Gasteiger partial charge in [0.15, 0.2) is 0 Å². The van der Waals surface area contributed by atoms with E-state index in [1.54, 1.807) is 25.1 Å². The smallest absolute Gasteiger partial charge is 0.340 e. The number of alkyl halides is 3. The van der Waals surface area contributed by atoms with Gasteiger partial charge in [0, 0.05) is 22.5 Å². The van der Waals surface area contributed by atoms with E-state index in [1.165, 1.54) is 18.3 Å². The molecule has 1 aromatic heterocycles. The Labute approximate surface area is 143 Å². The van der Waals surface area contributed by atoms with Crippen LogP contribution in [0.3, 0.4) is 0 Å². The summed E-state index contributed by atoms with van der Waals surface area (Å²) in [4.78, 5) is 4.17. The molecule has 0 saturated heterocycles. The maximum absolute atomic E-state index is 14.6. The minimum absolute atomic E-state index is 0.0598. The summed E-state index contributed by atoms with van der Waals surface area (Å²) in [6.07, 6.45) is -1.28. The average Bonchev–Trinajstić information content (AvgIpc) is 3.36. The van der Waals surface area contributed by atoms with Crippen molar-refractivity contribution in [3.63, 3.8) is 0 Å². The topological polar surface area (TPSA) is 24.9 Å². The third-order valence-electron chi connectivity index (χ3n) is 5.35. The van der Waals surface area contributed by atoms with Crippen molar-refractivity contribution in [1.29, 1.82) is 0 Å². The molecule has 1 fully saturated rings. The summed E-state index contributed by atoms with van der Waals surface area (Å²) in [5.74, 6) is -0.249. The number of hydrogen-bond donors (Lipinski definition) is 1. The fourth-order valence-corrected chi connectivity index (χ4v) is 4.22. The van der Waals surface area contributed by atoms with E-state index in [0.717, 1.165) is 12.8 Å². The quantitative estimate of drug-likeness (QED) is 0.751. The highest BCUT2D eigenvalue weighted by molar-refractivity contribution is 6.30. The predicted molar refractivity (Wildman–Crippen MR) is 87.7 cm³/mol. The van der Waals surface area contributed by atoms with Crippen LogP contribution in [0.4, 0.5) is 24.7 Å². The zero-order valence-corrected chi connectivity index (χ0v) is 13.7. The maximum Gasteiger partial charge on any atom is 0.402 e. The summed E-state index contributed by atoms with van der Waals surface area (Å²) in [5.41, 5.74) is -1.28. The van der Waals surface area contributed by atoms with Crippen LogP contribution < -0.4 is 5.32 Å². The second-order valence-electron chi connectivity index (χ2n) is 6.65. The summed E-state index contributed by atoms with van der Waals surface area (Å²) in [6.45, 7) is 1.71. The summed E-state index contributed by atoms with van der Waals surface area (Å²) < 4.78 is 43.9. The van der Waals surface area contributed by atoms with Gasteiger partial charge in [-0.3, -0.25) is 0 Å². The second-order valence-corrected chi connectivity index (χ2v) is 7.08. The molecule has 0 amide bonds. The van der Waals surface area contributed by atoms with Gasteiger partial charge >= 0.3 is 6.18 Å². The molecule has 2 aliphatic rings. The third kappa shape index (κ3) is 2.07. The van der Waals surface area contributed by atoms with E-state index in [1.807, 2.05) is 0 Å². The van der Waals surface area contributed by atoms with E-state index in [4.69, 9.17) is 11.6 Å². The molecule has 1 aliphatic heterocycles. The zero-order valence-electron chi connectivity index (χ0n) is 13.0. The zero-order chi connectivity index (χ0) is 17.1. The van der Waals surface area contributed by atoms with Crippen LogP contribution in [0.2, 0.25) is 5.02 Å². The highest BCUT2D eigenvalue weighted by Gasteiger charge is 2.65. The number of benzene rings is 1. The monoisotopic (exact) mass is 352 g/mol. The Balaban J connectivity index is 2.09. The minimum atomic E-state index is -4.45. The summed E-state index contributed by atoms with van der Waals surface area (Å²) in [6, 6.07) is 7.76. The standard InChI is InChI=1S/C18H16ClF3N2/c1-10(11-4-5-11)17(18(20,21)22)13-3-2-8-23-16(13)24-15-7-6-12(19)9-14(15)17/h2-3,6-11H,4-5H2,1H3,(H,23,24)/t10?,17-/m1/s1. The lowest BCUT2D eigenvalue weighted by Gasteiger charge is -2.46. The third-order valence-corrected chi connectivity index (χ3v) is 5.59. The fourth-order valence-electron chi connectivity index (χ4n) is 4.05. The molecule has 1 aliphatic carbocycles. The molecule has 1 aromatic carbocycles. The van der Waals surface area contributed by atoms with Crippen LogP contribution in [0, 0.1) is 11.8 Å². The number of anilines is 2. The van der Waals surface area contributed by atoms with Crippen LogP contribution in [0.15, 0.2) is 36.5 Å². The molecular formula is C18H16ClF3N2. The molecule has 4 rings (SSSR count). The first-order valence-electron chi connectivity index (χ1n) is 7.95. The fraction of sp³-hybridized carbons (Fsp3) is 0.389. The van der Waals surface area contributed by atoms with E-state index in [-0.39, 0.29) is 22.9 Å². The van der Waals surface area contributed by atoms with Crippen LogP contribution >= 0.6 is 11.6 Å². The molecule has 0 radical (unpaired) electrons. The molecule has 0 spiro atoms. The first-order valence-corrected chi connectivity index (χ1v) is 8.32. The van der Waals surface area contributed by atoms with Crippen LogP contribution in [0.25, 0.3) is 0 Å². The van der Waals surface area contributed by atoms with E-state index < -0.39 is 17.5 Å². The predicted octanol–water partition coefficient (Wildman–Crippen LogP) is 5.69. The lowest BCUT2D eigenvalue weighted by Crippen LogP contribution is -2.51. The lowest BCUT2D eigenvalue weighted by atomic mass is 9.62. The normalized spacial score (nSPS) is 23.9. The molecule has 2 heterocycles. The van der Waals surface area contributed by atoms with Gasteiger partial charge in [-0.25, -0.2) is 4.98 Å². The van der Waals surface area contributed by atoms with Crippen LogP contribution in [-0.2, 0) is 5.41 Å². The number of nitrogens with zero attached hydrogens (tertiary/aromatic N) is 1. The van der Waals surface area contributed by atoms with Crippen molar-refractivity contribution >= 4 is 23.1 Å². The number of hydrogen-bond acceptors (Lipinski definition) is 2. The van der Waals surface area contributed by atoms with Crippen molar-refractivity contribution in [2.24, 2.45) is 11.8 Å². The maximum atomic E-state index is 14.6. The van der Waals surface area contributed by atoms with Crippen molar-refractivity contribution in [1.82, 2.24) is 4.98 Å². The highest BCUT2D eigenvalue weighted by Crippen LogP contribution is 2.62. The van der Waals surface area contributed by atoms with Gasteiger partial charge < -0.3 is 5.32 Å². The number of pyridine rings is 1. The summed E-state index contributed by atoms with van der Waals surface area (Å²) in [7, 11) is 0. The molecule has 6 heteroatoms. The van der Waals surface area contributed by atoms with E-state index in [9.17, 15) is 13.2 Å². The molecule has 126 valence electrons. The van der Waals surface area contributed by atoms with Gasteiger partial charge in [-0.1, -0.05) is 24.6 Å². The number of fused-ring (bicyclic) bond motifs is 2. The molecular weight excluding hydrogens is 337 g/mol. The molecule has 2 nitrogen and oxygen atoms in total. The van der Waals surface area contributed by atoms with Gasteiger partial charge in [-0.05, 0) is 54.5 Å². The molecule has 1 unspecified atom stereocenters. The van der Waals surface area contributed by atoms with Gasteiger partial charge in [-0.15, -0.1) is 0 Å². The van der Waals surface area contributed by atoms with Gasteiger partial charge in [0.1, 0.15) is 11.2 Å². The molecule has 1 saturated carbocycles. The Bertz CT molecular complexity index is 801. The van der Waals surface area contributed by atoms with Crippen LogP contribution in [-0.4, -0.2) is 11.2 Å². The number of rotatable bonds is 2. The Hall–Kier alpha value is -1.75. The Morgan fingerprint density at radius 1 is 1.25 bits per heavy atom. The first kappa shape index (κ1) is 15.8. The second kappa shape index (κ2) is 5.12. The molecule has 0 bridgehead atoms. The molecule has 24 heavy (non-hydrogen) atoms. The largest absolute Gasteiger partial charge is 0.402 e. The van der Waals surface area contributed by atoms with Crippen LogP contribution in [0.1, 0.15) is 30.9 Å². The van der Waals surface area contributed by atoms with Gasteiger partial charge in [0.2, 0.25) is 0 Å². The Kier molecular flexibility index (Phi) is 3.36. The average molecular weight is 353 g/mol. The van der Waals surface area contributed by atoms with Crippen molar-refractivity contribution in [3.05, 3.63) is 52.7 Å². The Morgan fingerprint density at radius 3 is 2.67 bits per heavy atom. The molecule has 2 aromatic rings. The van der Waals surface area contributed by atoms with Crippen molar-refractivity contribution in [2.45, 2.75) is 31.4 Å². The number of aromatic nitrogens is 1. The summed E-state index contributed by atoms with van der Waals surface area (Å²) in [5, 5.41) is 3.34. The Morgan fingerprint density at radius 2 is 2.00 bits per heavy atom. The van der Waals surface area contributed by atoms with Crippen LogP contribution in [0.5, 0.6) is 0 Å². The van der Waals surface area contributed by atoms with Gasteiger partial charge in [0.25, 0.3) is 0 Å². The number of nitrogens with one attached hydrogen (secondary N) is 1. The van der Waals surface area contributed by atoms with Gasteiger partial charge in [-0.2, -0.15) is 13.2 Å². The molecule has 1 N–H and O–H groups in total. The van der Waals surface area contributed by atoms with E-state index >= 15 is 0 Å². The minimum Gasteiger partial charge on any atom is -0.340 e. The van der Waals surface area contributed by atoms with E-state index in [0.29, 0.717) is 10.7 Å². The first-order chi connectivity index (χ1) is 11.4. The van der Waals surface area contributed by atoms with Crippen molar-refractivity contribution < 1.29 is 13.2 Å². The van der Waals surface area contributed by atoms with Crippen molar-refractivity contribution in [2.75, 3.05) is 5.32 Å². The summed E-state index contributed by atoms with van der Waals surface area (Å²) >= 11 is 6.07. The highest BCUT2D eigenvalue weighted by atomic mass is 35.5. The van der Waals surface area contributed by atoms with Gasteiger partial charge in [0.05, 0.1) is 0 Å². The SMILES string of the molecule is CC(C1CC1)[C@]1(C(F)(F)F)c2cc(Cl)ccc2Nc2ncccc21. The van der Waals surface area contributed by atoms with E-state index in [2.05, 4.69) is 10.3 Å². The number of halogens is 4. The lowest BCUT2D eigenvalue weighted by molar-refractivity contribution is -0.193. The van der Waals surface area contributed by atoms with Crippen molar-refractivity contribution in [3.8, 4) is 0 Å².